The molecule has 178 valence electrons. The number of sulfonamides is 1. The molecule has 9 heteroatoms. The number of hydrogen-bond acceptors (Lipinski definition) is 5. The Morgan fingerprint density at radius 2 is 1.78 bits per heavy atom. The molecule has 7 nitrogen and oxygen atoms in total. The number of carboxylic acids is 1. The number of halogens is 1. The summed E-state index contributed by atoms with van der Waals surface area (Å²) in [5.74, 6) is 3.77. The van der Waals surface area contributed by atoms with Crippen LogP contribution in [0.5, 0.6) is 0 Å². The highest BCUT2D eigenvalue weighted by molar-refractivity contribution is 7.92. The number of nitrogens with zero attached hydrogens (tertiary/aromatic N) is 1. The van der Waals surface area contributed by atoms with Crippen molar-refractivity contribution in [3.05, 3.63) is 101 Å². The molecule has 2 heterocycles. The molecule has 0 radical (unpaired) electrons. The van der Waals surface area contributed by atoms with Crippen LogP contribution in [-0.2, 0) is 10.0 Å². The third kappa shape index (κ3) is 4.37. The number of benzene rings is 3. The van der Waals surface area contributed by atoms with E-state index in [2.05, 4.69) is 21.5 Å². The number of aromatic carboxylic acids is 1. The average Bonchev–Trinajstić information content (AvgIpc) is 3.22. The molecule has 36 heavy (non-hydrogen) atoms. The lowest BCUT2D eigenvalue weighted by atomic mass is 10.1. The van der Waals surface area contributed by atoms with Gasteiger partial charge in [-0.3, -0.25) is 4.72 Å². The van der Waals surface area contributed by atoms with Gasteiger partial charge in [-0.2, -0.15) is 0 Å². The molecule has 0 unspecified atom stereocenters. The van der Waals surface area contributed by atoms with Crippen LogP contribution in [0.4, 0.5) is 10.1 Å². The van der Waals surface area contributed by atoms with Crippen molar-refractivity contribution in [3.8, 4) is 11.8 Å². The second-order valence-electron chi connectivity index (χ2n) is 8.00. The van der Waals surface area contributed by atoms with Crippen LogP contribution in [0.3, 0.4) is 0 Å². The molecule has 0 spiro atoms. The number of para-hydroxylation sites is 1. The maximum absolute atomic E-state index is 14.0. The Labute approximate surface area is 205 Å². The topological polar surface area (TPSA) is 110 Å². The molecular weight excluding hydrogens is 483 g/mol. The second-order valence-corrected chi connectivity index (χ2v) is 9.68. The SMILES string of the molecule is Cc1cc(C#Cc2cc(F)ccc2NS(=O)(=O)c2ccc3c(c2)oc2ccccc23)cnc1C(=O)O. The van der Waals surface area contributed by atoms with Crippen LogP contribution in [0.1, 0.15) is 27.2 Å². The van der Waals surface area contributed by atoms with E-state index in [0.29, 0.717) is 22.3 Å². The number of carbonyl (C=O) groups is 1. The van der Waals surface area contributed by atoms with E-state index in [1.54, 1.807) is 19.1 Å². The molecule has 0 fully saturated rings. The lowest BCUT2D eigenvalue weighted by Crippen LogP contribution is -2.14. The molecule has 0 saturated carbocycles. The molecule has 0 atom stereocenters. The molecule has 0 amide bonds. The van der Waals surface area contributed by atoms with Crippen LogP contribution in [0.15, 0.2) is 82.2 Å². The zero-order valence-corrected chi connectivity index (χ0v) is 19.6. The Kier molecular flexibility index (Phi) is 5.66. The smallest absolute Gasteiger partial charge is 0.354 e. The van der Waals surface area contributed by atoms with Crippen LogP contribution in [0, 0.1) is 24.6 Å². The minimum atomic E-state index is -4.06. The Morgan fingerprint density at radius 1 is 1.00 bits per heavy atom. The first-order valence-electron chi connectivity index (χ1n) is 10.7. The molecule has 3 aromatic carbocycles. The standard InChI is InChI=1S/C27H17FN2O5S/c1-16-12-17(15-29-26(16)27(31)32)6-7-18-13-19(28)8-11-23(18)30-36(33,34)20-9-10-22-21-4-2-3-5-24(21)35-25(22)14-20/h2-5,8-15,30H,1H3,(H,31,32). The van der Waals surface area contributed by atoms with Gasteiger partial charge in [0, 0.05) is 28.6 Å². The highest BCUT2D eigenvalue weighted by atomic mass is 32.2. The number of furan rings is 1. The van der Waals surface area contributed by atoms with E-state index in [1.807, 2.05) is 18.2 Å². The van der Waals surface area contributed by atoms with E-state index in [9.17, 15) is 17.6 Å². The van der Waals surface area contributed by atoms with Gasteiger partial charge in [-0.05, 0) is 55.0 Å². The van der Waals surface area contributed by atoms with Gasteiger partial charge >= 0.3 is 5.97 Å². The van der Waals surface area contributed by atoms with Crippen LogP contribution in [-0.4, -0.2) is 24.5 Å². The maximum atomic E-state index is 14.0. The van der Waals surface area contributed by atoms with Gasteiger partial charge in [0.2, 0.25) is 0 Å². The minimum absolute atomic E-state index is 0.0265. The number of pyridine rings is 1. The Bertz CT molecular complexity index is 1850. The van der Waals surface area contributed by atoms with E-state index in [0.717, 1.165) is 22.9 Å². The minimum Gasteiger partial charge on any atom is -0.477 e. The fourth-order valence-electron chi connectivity index (χ4n) is 3.79. The lowest BCUT2D eigenvalue weighted by Gasteiger charge is -2.10. The van der Waals surface area contributed by atoms with Gasteiger partial charge in [0.15, 0.2) is 5.69 Å². The van der Waals surface area contributed by atoms with Crippen molar-refractivity contribution in [1.29, 1.82) is 0 Å². The molecule has 0 aliphatic carbocycles. The molecule has 0 saturated heterocycles. The molecule has 0 bridgehead atoms. The van der Waals surface area contributed by atoms with Gasteiger partial charge in [0.05, 0.1) is 16.1 Å². The van der Waals surface area contributed by atoms with Gasteiger partial charge in [-0.25, -0.2) is 22.6 Å². The molecule has 5 rings (SSSR count). The number of aryl methyl sites for hydroxylation is 1. The number of fused-ring (bicyclic) bond motifs is 3. The Hall–Kier alpha value is -4.68. The van der Waals surface area contributed by atoms with Gasteiger partial charge < -0.3 is 9.52 Å². The first-order valence-corrected chi connectivity index (χ1v) is 12.2. The van der Waals surface area contributed by atoms with Crippen molar-refractivity contribution < 1.29 is 27.1 Å². The molecule has 0 aliphatic rings. The van der Waals surface area contributed by atoms with Gasteiger partial charge in [-0.1, -0.05) is 30.0 Å². The normalized spacial score (nSPS) is 11.3. The average molecular weight is 501 g/mol. The molecule has 2 aromatic heterocycles. The summed E-state index contributed by atoms with van der Waals surface area (Å²) >= 11 is 0. The van der Waals surface area contributed by atoms with E-state index >= 15 is 0 Å². The third-order valence-corrected chi connectivity index (χ3v) is 6.87. The lowest BCUT2D eigenvalue weighted by molar-refractivity contribution is 0.0689. The first kappa shape index (κ1) is 23.1. The third-order valence-electron chi connectivity index (χ3n) is 5.51. The van der Waals surface area contributed by atoms with E-state index in [4.69, 9.17) is 9.52 Å². The summed E-state index contributed by atoms with van der Waals surface area (Å²) < 4.78 is 48.6. The zero-order chi connectivity index (χ0) is 25.4. The molecule has 0 aliphatic heterocycles. The van der Waals surface area contributed by atoms with Crippen molar-refractivity contribution in [1.82, 2.24) is 4.98 Å². The number of carboxylic acid groups (broad SMARTS) is 1. The van der Waals surface area contributed by atoms with Gasteiger partial charge in [0.1, 0.15) is 17.0 Å². The van der Waals surface area contributed by atoms with Crippen LogP contribution < -0.4 is 4.72 Å². The van der Waals surface area contributed by atoms with Gasteiger partial charge in [0.25, 0.3) is 10.0 Å². The summed E-state index contributed by atoms with van der Waals surface area (Å²) in [7, 11) is -4.06. The van der Waals surface area contributed by atoms with Crippen molar-refractivity contribution in [2.75, 3.05) is 4.72 Å². The largest absolute Gasteiger partial charge is 0.477 e. The fourth-order valence-corrected chi connectivity index (χ4v) is 4.89. The van der Waals surface area contributed by atoms with E-state index in [1.165, 1.54) is 30.5 Å². The zero-order valence-electron chi connectivity index (χ0n) is 18.7. The Balaban J connectivity index is 1.49. The van der Waals surface area contributed by atoms with Gasteiger partial charge in [-0.15, -0.1) is 0 Å². The highest BCUT2D eigenvalue weighted by Gasteiger charge is 2.18. The summed E-state index contributed by atoms with van der Waals surface area (Å²) in [5, 5.41) is 10.8. The monoisotopic (exact) mass is 500 g/mol. The van der Waals surface area contributed by atoms with E-state index in [-0.39, 0.29) is 21.8 Å². The fraction of sp³-hybridized carbons (Fsp3) is 0.0370. The summed E-state index contributed by atoms with van der Waals surface area (Å²) in [4.78, 5) is 15.0. The highest BCUT2D eigenvalue weighted by Crippen LogP contribution is 2.31. The maximum Gasteiger partial charge on any atom is 0.354 e. The molecule has 2 N–H and O–H groups in total. The summed E-state index contributed by atoms with van der Waals surface area (Å²) in [6, 6.07) is 17.0. The second kappa shape index (κ2) is 8.83. The predicted octanol–water partition coefficient (Wildman–Crippen LogP) is 5.33. The number of nitrogens with one attached hydrogen (secondary N) is 1. The van der Waals surface area contributed by atoms with Crippen molar-refractivity contribution in [3.63, 3.8) is 0 Å². The number of rotatable bonds is 4. The van der Waals surface area contributed by atoms with E-state index < -0.39 is 21.8 Å². The Morgan fingerprint density at radius 3 is 2.56 bits per heavy atom. The van der Waals surface area contributed by atoms with Crippen molar-refractivity contribution in [2.45, 2.75) is 11.8 Å². The summed E-state index contributed by atoms with van der Waals surface area (Å²) in [6.45, 7) is 1.59. The quantitative estimate of drug-likeness (QED) is 0.323. The van der Waals surface area contributed by atoms with Crippen LogP contribution in [0.25, 0.3) is 21.9 Å². The predicted molar refractivity (Wildman–Crippen MR) is 133 cm³/mol. The van der Waals surface area contributed by atoms with Crippen molar-refractivity contribution in [2.24, 2.45) is 0 Å². The number of aromatic nitrogens is 1. The summed E-state index contributed by atoms with van der Waals surface area (Å²) in [5.41, 5.74) is 1.96. The molecule has 5 aromatic rings. The van der Waals surface area contributed by atoms with Crippen molar-refractivity contribution >= 4 is 43.6 Å². The number of anilines is 1. The first-order chi connectivity index (χ1) is 17.2. The summed E-state index contributed by atoms with van der Waals surface area (Å²) in [6.07, 6.45) is 1.29. The number of hydrogen-bond donors (Lipinski definition) is 2. The molecular formula is C27H17FN2O5S. The van der Waals surface area contributed by atoms with Crippen LogP contribution >= 0.6 is 0 Å². The van der Waals surface area contributed by atoms with Crippen LogP contribution in [0.2, 0.25) is 0 Å².